The molecule has 6 heteroatoms. The highest BCUT2D eigenvalue weighted by Crippen LogP contribution is 2.13. The molecule has 6 nitrogen and oxygen atoms in total. The van der Waals surface area contributed by atoms with Crippen LogP contribution in [-0.4, -0.2) is 54.4 Å². The highest BCUT2D eigenvalue weighted by molar-refractivity contribution is 5.80. The van der Waals surface area contributed by atoms with Gasteiger partial charge in [0, 0.05) is 25.8 Å². The Bertz CT molecular complexity index is 303. The molecule has 1 rings (SSSR count). The van der Waals surface area contributed by atoms with Gasteiger partial charge >= 0.3 is 12.0 Å². The second-order valence-corrected chi connectivity index (χ2v) is 5.02. The minimum atomic E-state index is -0.985. The third-order valence-electron chi connectivity index (χ3n) is 3.57. The standard InChI is InChI=1S/C13H24N2O4/c1-3-10(2)15(9-12(16)17)13(18)14-8-11-4-6-19-7-5-11/h10-11H,3-9H2,1-2H3,(H,14,18)(H,16,17). The zero-order valence-electron chi connectivity index (χ0n) is 11.7. The average Bonchev–Trinajstić information content (AvgIpc) is 2.42. The largest absolute Gasteiger partial charge is 0.480 e. The number of nitrogens with zero attached hydrogens (tertiary/aromatic N) is 1. The van der Waals surface area contributed by atoms with Crippen LogP contribution in [0.2, 0.25) is 0 Å². The van der Waals surface area contributed by atoms with E-state index < -0.39 is 5.97 Å². The lowest BCUT2D eigenvalue weighted by Gasteiger charge is -2.29. The third kappa shape index (κ3) is 5.46. The molecule has 1 saturated heterocycles. The van der Waals surface area contributed by atoms with Crippen molar-refractivity contribution in [3.8, 4) is 0 Å². The van der Waals surface area contributed by atoms with Crippen LogP contribution in [0.1, 0.15) is 33.1 Å². The topological polar surface area (TPSA) is 78.9 Å². The summed E-state index contributed by atoms with van der Waals surface area (Å²) in [6.45, 7) is 5.61. The van der Waals surface area contributed by atoms with Crippen LogP contribution in [0, 0.1) is 5.92 Å². The van der Waals surface area contributed by atoms with Crippen molar-refractivity contribution in [1.29, 1.82) is 0 Å². The van der Waals surface area contributed by atoms with Gasteiger partial charge in [0.05, 0.1) is 0 Å². The van der Waals surface area contributed by atoms with Gasteiger partial charge in [0.25, 0.3) is 0 Å². The molecule has 0 radical (unpaired) electrons. The Hall–Kier alpha value is -1.30. The summed E-state index contributed by atoms with van der Waals surface area (Å²) in [5.41, 5.74) is 0. The number of carboxylic acids is 1. The SMILES string of the molecule is CCC(C)N(CC(=O)O)C(=O)NCC1CCOCC1. The molecule has 2 N–H and O–H groups in total. The fourth-order valence-corrected chi connectivity index (χ4v) is 2.08. The van der Waals surface area contributed by atoms with Crippen molar-refractivity contribution in [3.05, 3.63) is 0 Å². The third-order valence-corrected chi connectivity index (χ3v) is 3.57. The predicted octanol–water partition coefficient (Wildman–Crippen LogP) is 1.31. The molecule has 2 amide bonds. The van der Waals surface area contributed by atoms with Gasteiger partial charge in [0.2, 0.25) is 0 Å². The number of carboxylic acid groups (broad SMARTS) is 1. The van der Waals surface area contributed by atoms with E-state index in [9.17, 15) is 9.59 Å². The Kier molecular flexibility index (Phi) is 6.62. The highest BCUT2D eigenvalue weighted by atomic mass is 16.5. The quantitative estimate of drug-likeness (QED) is 0.764. The molecule has 0 spiro atoms. The number of rotatable bonds is 6. The number of hydrogen-bond acceptors (Lipinski definition) is 3. The molecule has 1 unspecified atom stereocenters. The Morgan fingerprint density at radius 1 is 1.42 bits per heavy atom. The number of carbonyl (C=O) groups is 2. The summed E-state index contributed by atoms with van der Waals surface area (Å²) < 4.78 is 5.26. The van der Waals surface area contributed by atoms with E-state index in [2.05, 4.69) is 5.32 Å². The van der Waals surface area contributed by atoms with E-state index >= 15 is 0 Å². The number of urea groups is 1. The van der Waals surface area contributed by atoms with Crippen molar-refractivity contribution >= 4 is 12.0 Å². The maximum Gasteiger partial charge on any atom is 0.323 e. The zero-order chi connectivity index (χ0) is 14.3. The fraction of sp³-hybridized carbons (Fsp3) is 0.846. The van der Waals surface area contributed by atoms with Crippen molar-refractivity contribution in [3.63, 3.8) is 0 Å². The summed E-state index contributed by atoms with van der Waals surface area (Å²) >= 11 is 0. The average molecular weight is 272 g/mol. The molecule has 1 aliphatic heterocycles. The van der Waals surface area contributed by atoms with Crippen LogP contribution in [0.5, 0.6) is 0 Å². The minimum absolute atomic E-state index is 0.0780. The predicted molar refractivity (Wildman–Crippen MR) is 71.0 cm³/mol. The van der Waals surface area contributed by atoms with E-state index in [0.29, 0.717) is 12.5 Å². The van der Waals surface area contributed by atoms with Crippen molar-refractivity contribution in [1.82, 2.24) is 10.2 Å². The number of aliphatic carboxylic acids is 1. The van der Waals surface area contributed by atoms with Gasteiger partial charge in [-0.3, -0.25) is 4.79 Å². The number of hydrogen-bond donors (Lipinski definition) is 2. The highest BCUT2D eigenvalue weighted by Gasteiger charge is 2.22. The first-order valence-corrected chi connectivity index (χ1v) is 6.88. The van der Waals surface area contributed by atoms with Crippen LogP contribution in [-0.2, 0) is 9.53 Å². The normalized spacial score (nSPS) is 17.8. The van der Waals surface area contributed by atoms with E-state index in [0.717, 1.165) is 32.5 Å². The number of nitrogens with one attached hydrogen (secondary N) is 1. The lowest BCUT2D eigenvalue weighted by atomic mass is 10.0. The summed E-state index contributed by atoms with van der Waals surface area (Å²) in [5.74, 6) is -0.553. The van der Waals surface area contributed by atoms with Gasteiger partial charge in [0.15, 0.2) is 0 Å². The maximum atomic E-state index is 12.0. The van der Waals surface area contributed by atoms with Crippen molar-refractivity contribution in [2.75, 3.05) is 26.3 Å². The van der Waals surface area contributed by atoms with Crippen LogP contribution in [0.4, 0.5) is 4.79 Å². The number of amides is 2. The molecule has 0 aromatic heterocycles. The molecule has 1 heterocycles. The fourth-order valence-electron chi connectivity index (χ4n) is 2.08. The smallest absolute Gasteiger partial charge is 0.323 e. The van der Waals surface area contributed by atoms with Gasteiger partial charge in [-0.15, -0.1) is 0 Å². The molecule has 0 bridgehead atoms. The van der Waals surface area contributed by atoms with Crippen LogP contribution in [0.15, 0.2) is 0 Å². The van der Waals surface area contributed by atoms with Crippen molar-refractivity contribution < 1.29 is 19.4 Å². The van der Waals surface area contributed by atoms with Crippen molar-refractivity contribution in [2.45, 2.75) is 39.2 Å². The Balaban J connectivity index is 2.43. The lowest BCUT2D eigenvalue weighted by molar-refractivity contribution is -0.138. The maximum absolute atomic E-state index is 12.0. The first kappa shape index (κ1) is 15.8. The Labute approximate surface area is 114 Å². The molecule has 1 atom stereocenters. The summed E-state index contributed by atoms with van der Waals surface area (Å²) in [6.07, 6.45) is 2.63. The Morgan fingerprint density at radius 3 is 2.58 bits per heavy atom. The van der Waals surface area contributed by atoms with Crippen LogP contribution in [0.3, 0.4) is 0 Å². The molecule has 1 aliphatic rings. The summed E-state index contributed by atoms with van der Waals surface area (Å²) in [4.78, 5) is 24.2. The van der Waals surface area contributed by atoms with Gasteiger partial charge < -0.3 is 20.1 Å². The monoisotopic (exact) mass is 272 g/mol. The Morgan fingerprint density at radius 2 is 2.05 bits per heavy atom. The van der Waals surface area contributed by atoms with E-state index in [4.69, 9.17) is 9.84 Å². The molecule has 0 aliphatic carbocycles. The lowest BCUT2D eigenvalue weighted by Crippen LogP contribution is -2.48. The number of carbonyl (C=O) groups excluding carboxylic acids is 1. The molecule has 19 heavy (non-hydrogen) atoms. The van der Waals surface area contributed by atoms with Crippen LogP contribution < -0.4 is 5.32 Å². The first-order chi connectivity index (χ1) is 9.04. The summed E-state index contributed by atoms with van der Waals surface area (Å²) in [7, 11) is 0. The molecule has 0 aromatic carbocycles. The molecule has 1 fully saturated rings. The molecule has 0 aromatic rings. The molecular formula is C13H24N2O4. The van der Waals surface area contributed by atoms with Gasteiger partial charge in [-0.25, -0.2) is 4.79 Å². The van der Waals surface area contributed by atoms with Crippen molar-refractivity contribution in [2.24, 2.45) is 5.92 Å². The molecule has 0 saturated carbocycles. The van der Waals surface area contributed by atoms with Crippen LogP contribution >= 0.6 is 0 Å². The minimum Gasteiger partial charge on any atom is -0.480 e. The first-order valence-electron chi connectivity index (χ1n) is 6.88. The van der Waals surface area contributed by atoms with E-state index in [1.54, 1.807) is 0 Å². The van der Waals surface area contributed by atoms with Gasteiger partial charge in [-0.1, -0.05) is 6.92 Å². The van der Waals surface area contributed by atoms with E-state index in [1.807, 2.05) is 13.8 Å². The van der Waals surface area contributed by atoms with Gasteiger partial charge in [-0.05, 0) is 32.1 Å². The van der Waals surface area contributed by atoms with Crippen LogP contribution in [0.25, 0.3) is 0 Å². The zero-order valence-corrected chi connectivity index (χ0v) is 11.7. The van der Waals surface area contributed by atoms with E-state index in [-0.39, 0.29) is 18.6 Å². The summed E-state index contributed by atoms with van der Waals surface area (Å²) in [5, 5.41) is 11.7. The van der Waals surface area contributed by atoms with E-state index in [1.165, 1.54) is 4.90 Å². The number of ether oxygens (including phenoxy) is 1. The molecule has 110 valence electrons. The van der Waals surface area contributed by atoms with Gasteiger partial charge in [0.1, 0.15) is 6.54 Å². The second kappa shape index (κ2) is 7.99. The second-order valence-electron chi connectivity index (χ2n) is 5.02. The van der Waals surface area contributed by atoms with Gasteiger partial charge in [-0.2, -0.15) is 0 Å². The summed E-state index contributed by atoms with van der Waals surface area (Å²) in [6, 6.07) is -0.367. The molecular weight excluding hydrogens is 248 g/mol.